The van der Waals surface area contributed by atoms with E-state index in [0.717, 1.165) is 50.9 Å². The molecule has 2 heterocycles. The molecule has 2 aliphatic rings. The number of anilines is 4. The normalized spacial score (nSPS) is 13.7. The maximum Gasteiger partial charge on any atom is 0.340 e. The Morgan fingerprint density at radius 3 is 1.60 bits per heavy atom. The van der Waals surface area contributed by atoms with Crippen LogP contribution in [0, 0.1) is 0 Å². The molecule has 0 bridgehead atoms. The van der Waals surface area contributed by atoms with Crippen LogP contribution in [0.3, 0.4) is 0 Å². The maximum atomic E-state index is 13.2. The van der Waals surface area contributed by atoms with Crippen molar-refractivity contribution in [2.45, 2.75) is 19.4 Å². The monoisotopic (exact) mass is 570 g/mol. The van der Waals surface area contributed by atoms with Gasteiger partial charge in [0.05, 0.1) is 18.8 Å². The topological polar surface area (TPSA) is 78.1 Å². The van der Waals surface area contributed by atoms with Crippen LogP contribution in [0.15, 0.2) is 109 Å². The molecule has 2 aliphatic heterocycles. The van der Waals surface area contributed by atoms with Gasteiger partial charge in [0.2, 0.25) is 0 Å². The second-order valence-electron chi connectivity index (χ2n) is 10.3. The van der Waals surface area contributed by atoms with Crippen LogP contribution in [0.5, 0.6) is 23.0 Å². The van der Waals surface area contributed by atoms with Gasteiger partial charge in [-0.3, -0.25) is 0 Å². The Morgan fingerprint density at radius 2 is 1.09 bits per heavy atom. The molecule has 0 atom stereocenters. The standard InChI is InChI=1S/C36H30N2O5/c1-3-40-27-15-9-23(10-16-27)37-25-13-19-31-33(21-25)42-34-22-26(38-24-11-17-28(18-12-24)41-4-2)14-20-32(34)36(31)30-8-6-5-7-29(30)35(39)43-36/h5-22,37-38H,3-4H2,1-2H3. The first-order valence-electron chi connectivity index (χ1n) is 14.4. The first-order valence-corrected chi connectivity index (χ1v) is 14.4. The van der Waals surface area contributed by atoms with Crippen molar-refractivity contribution in [3.63, 3.8) is 0 Å². The SMILES string of the molecule is CCOc1ccc(Nc2ccc3c(c2)Oc2cc(Nc4ccc(OCC)cc4)ccc2C32OC(=O)c3ccccc32)cc1. The summed E-state index contributed by atoms with van der Waals surface area (Å²) in [5, 5.41) is 6.89. The van der Waals surface area contributed by atoms with Crippen LogP contribution in [-0.2, 0) is 10.3 Å². The van der Waals surface area contributed by atoms with Gasteiger partial charge in [-0.1, -0.05) is 18.2 Å². The van der Waals surface area contributed by atoms with Gasteiger partial charge in [-0.05, 0) is 92.7 Å². The third-order valence-corrected chi connectivity index (χ3v) is 7.62. The molecule has 0 amide bonds. The molecule has 5 aromatic rings. The van der Waals surface area contributed by atoms with E-state index in [9.17, 15) is 4.79 Å². The van der Waals surface area contributed by atoms with Crippen LogP contribution >= 0.6 is 0 Å². The predicted molar refractivity (Wildman–Crippen MR) is 166 cm³/mol. The summed E-state index contributed by atoms with van der Waals surface area (Å²) in [7, 11) is 0. The van der Waals surface area contributed by atoms with Gasteiger partial charge in [0.1, 0.15) is 23.0 Å². The molecule has 0 fully saturated rings. The van der Waals surface area contributed by atoms with Crippen molar-refractivity contribution in [1.29, 1.82) is 0 Å². The Labute approximate surface area is 250 Å². The number of benzene rings is 5. The highest BCUT2D eigenvalue weighted by Crippen LogP contribution is 2.57. The smallest absolute Gasteiger partial charge is 0.340 e. The maximum absolute atomic E-state index is 13.2. The predicted octanol–water partition coefficient (Wildman–Crippen LogP) is 8.54. The zero-order valence-electron chi connectivity index (χ0n) is 23.8. The number of carbonyl (C=O) groups is 1. The fraction of sp³-hybridized carbons (Fsp3) is 0.139. The van der Waals surface area contributed by atoms with Gasteiger partial charge in [-0.15, -0.1) is 0 Å². The number of carbonyl (C=O) groups excluding carboxylic acids is 1. The Bertz CT molecular complexity index is 1710. The van der Waals surface area contributed by atoms with E-state index >= 15 is 0 Å². The highest BCUT2D eigenvalue weighted by molar-refractivity contribution is 5.97. The fourth-order valence-corrected chi connectivity index (χ4v) is 5.77. The molecule has 7 nitrogen and oxygen atoms in total. The zero-order valence-corrected chi connectivity index (χ0v) is 23.8. The molecular formula is C36H30N2O5. The second-order valence-corrected chi connectivity index (χ2v) is 10.3. The van der Waals surface area contributed by atoms with E-state index in [1.54, 1.807) is 0 Å². The van der Waals surface area contributed by atoms with E-state index in [-0.39, 0.29) is 5.97 Å². The lowest BCUT2D eigenvalue weighted by atomic mass is 9.77. The van der Waals surface area contributed by atoms with E-state index < -0.39 is 5.60 Å². The number of hydrogen-bond acceptors (Lipinski definition) is 7. The number of fused-ring (bicyclic) bond motifs is 6. The van der Waals surface area contributed by atoms with Gasteiger partial charge >= 0.3 is 5.97 Å². The van der Waals surface area contributed by atoms with E-state index in [1.807, 2.05) is 123 Å². The summed E-state index contributed by atoms with van der Waals surface area (Å²) in [6, 6.07) is 34.9. The number of esters is 1. The van der Waals surface area contributed by atoms with Crippen molar-refractivity contribution in [2.75, 3.05) is 23.8 Å². The van der Waals surface area contributed by atoms with E-state index in [0.29, 0.717) is 30.3 Å². The molecule has 5 aromatic carbocycles. The molecule has 0 aromatic heterocycles. The fourth-order valence-electron chi connectivity index (χ4n) is 5.77. The minimum absolute atomic E-state index is 0.359. The largest absolute Gasteiger partial charge is 0.494 e. The van der Waals surface area contributed by atoms with Gasteiger partial charge in [-0.25, -0.2) is 4.79 Å². The second kappa shape index (κ2) is 10.8. The van der Waals surface area contributed by atoms with E-state index in [1.165, 1.54) is 0 Å². The molecule has 43 heavy (non-hydrogen) atoms. The Hall–Kier alpha value is -5.43. The van der Waals surface area contributed by atoms with Crippen molar-refractivity contribution in [1.82, 2.24) is 0 Å². The summed E-state index contributed by atoms with van der Waals surface area (Å²) in [6.07, 6.45) is 0. The van der Waals surface area contributed by atoms with Crippen molar-refractivity contribution in [3.05, 3.63) is 131 Å². The average molecular weight is 571 g/mol. The number of ether oxygens (including phenoxy) is 4. The molecule has 214 valence electrons. The third-order valence-electron chi connectivity index (χ3n) is 7.62. The van der Waals surface area contributed by atoms with Crippen LogP contribution in [0.2, 0.25) is 0 Å². The molecule has 0 unspecified atom stereocenters. The van der Waals surface area contributed by atoms with Gasteiger partial charge < -0.3 is 29.6 Å². The number of nitrogens with one attached hydrogen (secondary N) is 2. The third kappa shape index (κ3) is 4.69. The van der Waals surface area contributed by atoms with Crippen LogP contribution < -0.4 is 24.8 Å². The zero-order chi connectivity index (χ0) is 29.4. The molecule has 7 rings (SSSR count). The molecule has 7 heteroatoms. The minimum atomic E-state index is -1.13. The lowest BCUT2D eigenvalue weighted by molar-refractivity contribution is 0.0224. The lowest BCUT2D eigenvalue weighted by Gasteiger charge is -2.37. The van der Waals surface area contributed by atoms with Gasteiger partial charge in [0, 0.05) is 51.6 Å². The molecule has 2 N–H and O–H groups in total. The van der Waals surface area contributed by atoms with E-state index in [4.69, 9.17) is 18.9 Å². The first kappa shape index (κ1) is 26.5. The Kier molecular flexibility index (Phi) is 6.62. The van der Waals surface area contributed by atoms with Crippen LogP contribution in [-0.4, -0.2) is 19.2 Å². The van der Waals surface area contributed by atoms with E-state index in [2.05, 4.69) is 10.6 Å². The highest BCUT2D eigenvalue weighted by atomic mass is 16.6. The molecule has 0 radical (unpaired) electrons. The molecule has 0 aliphatic carbocycles. The van der Waals surface area contributed by atoms with Crippen molar-refractivity contribution < 1.29 is 23.7 Å². The first-order chi connectivity index (χ1) is 21.1. The molecule has 1 spiro atoms. The Balaban J connectivity index is 1.28. The van der Waals surface area contributed by atoms with Crippen LogP contribution in [0.25, 0.3) is 0 Å². The van der Waals surface area contributed by atoms with Gasteiger partial charge in [0.25, 0.3) is 0 Å². The highest BCUT2D eigenvalue weighted by Gasteiger charge is 2.53. The molecular weight excluding hydrogens is 540 g/mol. The molecule has 0 saturated heterocycles. The van der Waals surface area contributed by atoms with Crippen LogP contribution in [0.1, 0.15) is 40.9 Å². The lowest BCUT2D eigenvalue weighted by Crippen LogP contribution is -2.33. The summed E-state index contributed by atoms with van der Waals surface area (Å²) < 4.78 is 24.0. The number of rotatable bonds is 8. The quantitative estimate of drug-likeness (QED) is 0.181. The summed E-state index contributed by atoms with van der Waals surface area (Å²) in [6.45, 7) is 5.15. The summed E-state index contributed by atoms with van der Waals surface area (Å²) in [4.78, 5) is 13.2. The van der Waals surface area contributed by atoms with Crippen molar-refractivity contribution in [3.8, 4) is 23.0 Å². The minimum Gasteiger partial charge on any atom is -0.494 e. The summed E-state index contributed by atoms with van der Waals surface area (Å²) in [5.74, 6) is 2.48. The van der Waals surface area contributed by atoms with Crippen molar-refractivity contribution in [2.24, 2.45) is 0 Å². The van der Waals surface area contributed by atoms with Gasteiger partial charge in [-0.2, -0.15) is 0 Å². The number of hydrogen-bond donors (Lipinski definition) is 2. The van der Waals surface area contributed by atoms with Crippen LogP contribution in [0.4, 0.5) is 22.7 Å². The Morgan fingerprint density at radius 1 is 0.605 bits per heavy atom. The summed E-state index contributed by atoms with van der Waals surface area (Å²) >= 11 is 0. The average Bonchev–Trinajstić information content (AvgIpc) is 3.32. The van der Waals surface area contributed by atoms with Gasteiger partial charge in [0.15, 0.2) is 5.60 Å². The summed E-state index contributed by atoms with van der Waals surface area (Å²) in [5.41, 5.74) is 5.24. The molecule has 0 saturated carbocycles. The van der Waals surface area contributed by atoms with Crippen molar-refractivity contribution >= 4 is 28.7 Å².